The Morgan fingerprint density at radius 3 is 2.86 bits per heavy atom. The molecule has 0 spiro atoms. The van der Waals surface area contributed by atoms with E-state index in [-0.39, 0.29) is 0 Å². The van der Waals surface area contributed by atoms with E-state index in [0.717, 1.165) is 24.0 Å². The smallest absolute Gasteiger partial charge is 0.155 e. The number of allylic oxidation sites excluding steroid dienone is 4. The maximum absolute atomic E-state index is 9.99. The maximum Gasteiger partial charge on any atom is 0.155 e. The summed E-state index contributed by atoms with van der Waals surface area (Å²) in [6, 6.07) is 1.78. The Kier molecular flexibility index (Phi) is 3.36. The summed E-state index contributed by atoms with van der Waals surface area (Å²) in [5.41, 5.74) is 2.16. The van der Waals surface area contributed by atoms with Crippen molar-refractivity contribution in [2.45, 2.75) is 32.3 Å². The molecular formula is C17H17N3O. The van der Waals surface area contributed by atoms with Crippen LogP contribution >= 0.6 is 0 Å². The first kappa shape index (κ1) is 13.6. The normalized spacial score (nSPS) is 14.7. The maximum atomic E-state index is 9.99. The van der Waals surface area contributed by atoms with Crippen LogP contribution in [-0.2, 0) is 5.60 Å². The quantitative estimate of drug-likeness (QED) is 0.816. The molecular weight excluding hydrogens is 262 g/mol. The van der Waals surface area contributed by atoms with Crippen molar-refractivity contribution in [3.05, 3.63) is 53.5 Å². The molecule has 0 fully saturated rings. The first-order chi connectivity index (χ1) is 10.0. The Balaban J connectivity index is 1.93. The molecule has 2 aromatic rings. The zero-order chi connectivity index (χ0) is 14.9. The van der Waals surface area contributed by atoms with Crippen molar-refractivity contribution in [3.8, 4) is 11.8 Å². The fourth-order valence-electron chi connectivity index (χ4n) is 2.09. The highest BCUT2D eigenvalue weighted by Crippen LogP contribution is 2.18. The molecule has 0 unspecified atom stereocenters. The lowest BCUT2D eigenvalue weighted by Gasteiger charge is -2.12. The van der Waals surface area contributed by atoms with E-state index in [0.29, 0.717) is 11.3 Å². The molecule has 106 valence electrons. The van der Waals surface area contributed by atoms with E-state index in [9.17, 15) is 5.11 Å². The van der Waals surface area contributed by atoms with Gasteiger partial charge in [0.2, 0.25) is 0 Å². The van der Waals surface area contributed by atoms with Crippen LogP contribution in [0.25, 0.3) is 5.65 Å². The summed E-state index contributed by atoms with van der Waals surface area (Å²) in [6.45, 7) is 3.41. The van der Waals surface area contributed by atoms with Gasteiger partial charge < -0.3 is 5.11 Å². The predicted octanol–water partition coefficient (Wildman–Crippen LogP) is 2.58. The van der Waals surface area contributed by atoms with Crippen molar-refractivity contribution in [1.82, 2.24) is 14.6 Å². The van der Waals surface area contributed by atoms with Crippen molar-refractivity contribution < 1.29 is 5.11 Å². The molecule has 4 nitrogen and oxygen atoms in total. The molecule has 4 heteroatoms. The van der Waals surface area contributed by atoms with Gasteiger partial charge in [-0.2, -0.15) is 5.10 Å². The van der Waals surface area contributed by atoms with Gasteiger partial charge in [-0.1, -0.05) is 30.1 Å². The number of nitrogens with zero attached hydrogens (tertiary/aromatic N) is 3. The number of rotatable bonds is 1. The van der Waals surface area contributed by atoms with E-state index < -0.39 is 5.60 Å². The Labute approximate surface area is 123 Å². The van der Waals surface area contributed by atoms with Gasteiger partial charge in [-0.15, -0.1) is 0 Å². The summed E-state index contributed by atoms with van der Waals surface area (Å²) in [4.78, 5) is 4.33. The average molecular weight is 279 g/mol. The van der Waals surface area contributed by atoms with Gasteiger partial charge >= 0.3 is 0 Å². The fraction of sp³-hybridized carbons (Fsp3) is 0.294. The van der Waals surface area contributed by atoms with E-state index in [2.05, 4.69) is 34.1 Å². The molecule has 21 heavy (non-hydrogen) atoms. The van der Waals surface area contributed by atoms with E-state index in [1.807, 2.05) is 12.3 Å². The topological polar surface area (TPSA) is 50.4 Å². The number of hydrogen-bond donors (Lipinski definition) is 1. The van der Waals surface area contributed by atoms with Crippen LogP contribution in [-0.4, -0.2) is 19.7 Å². The highest BCUT2D eigenvalue weighted by Gasteiger charge is 2.20. The van der Waals surface area contributed by atoms with Crippen LogP contribution in [0.15, 0.2) is 42.3 Å². The zero-order valence-corrected chi connectivity index (χ0v) is 12.2. The molecule has 0 aromatic carbocycles. The molecule has 0 saturated carbocycles. The monoisotopic (exact) mass is 279 g/mol. The summed E-state index contributed by atoms with van der Waals surface area (Å²) >= 11 is 0. The lowest BCUT2D eigenvalue weighted by atomic mass is 10.1. The summed E-state index contributed by atoms with van der Waals surface area (Å²) in [5, 5.41) is 14.3. The second kappa shape index (κ2) is 5.19. The van der Waals surface area contributed by atoms with Gasteiger partial charge in [-0.25, -0.2) is 9.50 Å². The molecule has 1 N–H and O–H groups in total. The van der Waals surface area contributed by atoms with Gasteiger partial charge in [0.1, 0.15) is 5.60 Å². The van der Waals surface area contributed by atoms with Crippen LogP contribution in [0.2, 0.25) is 0 Å². The lowest BCUT2D eigenvalue weighted by molar-refractivity contribution is 0.0735. The van der Waals surface area contributed by atoms with Crippen molar-refractivity contribution in [2.24, 2.45) is 0 Å². The summed E-state index contributed by atoms with van der Waals surface area (Å²) in [7, 11) is 0. The summed E-state index contributed by atoms with van der Waals surface area (Å²) < 4.78 is 1.66. The average Bonchev–Trinajstić information content (AvgIpc) is 2.89. The van der Waals surface area contributed by atoms with Crippen LogP contribution in [0.5, 0.6) is 0 Å². The second-order valence-corrected chi connectivity index (χ2v) is 5.62. The molecule has 2 heterocycles. The molecule has 0 saturated heterocycles. The molecule has 0 radical (unpaired) electrons. The minimum Gasteiger partial charge on any atom is -0.384 e. The Bertz CT molecular complexity index is 795. The molecule has 0 bridgehead atoms. The molecule has 0 atom stereocenters. The third kappa shape index (κ3) is 3.04. The van der Waals surface area contributed by atoms with Crippen LogP contribution in [0, 0.1) is 11.8 Å². The van der Waals surface area contributed by atoms with Crippen molar-refractivity contribution in [2.75, 3.05) is 0 Å². The number of fused-ring (bicyclic) bond motifs is 1. The SMILES string of the molecule is CC(C)(O)c1cc2ncc(C#CC3=CCCC=C3)cn2n1. The first-order valence-corrected chi connectivity index (χ1v) is 6.99. The molecule has 3 rings (SSSR count). The van der Waals surface area contributed by atoms with E-state index in [4.69, 9.17) is 0 Å². The molecule has 1 aliphatic carbocycles. The van der Waals surface area contributed by atoms with Gasteiger partial charge in [0.15, 0.2) is 5.65 Å². The first-order valence-electron chi connectivity index (χ1n) is 6.99. The van der Waals surface area contributed by atoms with Gasteiger partial charge in [-0.3, -0.25) is 0 Å². The highest BCUT2D eigenvalue weighted by atomic mass is 16.3. The zero-order valence-electron chi connectivity index (χ0n) is 12.2. The summed E-state index contributed by atoms with van der Waals surface area (Å²) in [5.74, 6) is 6.23. The Morgan fingerprint density at radius 2 is 2.14 bits per heavy atom. The third-order valence-corrected chi connectivity index (χ3v) is 3.29. The van der Waals surface area contributed by atoms with Crippen molar-refractivity contribution in [1.29, 1.82) is 0 Å². The number of aliphatic hydroxyl groups is 1. The largest absolute Gasteiger partial charge is 0.384 e. The minimum absolute atomic E-state index is 0.595. The second-order valence-electron chi connectivity index (χ2n) is 5.62. The van der Waals surface area contributed by atoms with E-state index >= 15 is 0 Å². The number of aromatic nitrogens is 3. The molecule has 0 amide bonds. The van der Waals surface area contributed by atoms with E-state index in [1.165, 1.54) is 0 Å². The molecule has 1 aliphatic rings. The highest BCUT2D eigenvalue weighted by molar-refractivity contribution is 5.47. The summed E-state index contributed by atoms with van der Waals surface area (Å²) in [6.07, 6.45) is 12.0. The number of hydrogen-bond acceptors (Lipinski definition) is 3. The van der Waals surface area contributed by atoms with Crippen LogP contribution in [0.1, 0.15) is 37.9 Å². The van der Waals surface area contributed by atoms with Crippen LogP contribution in [0.4, 0.5) is 0 Å². The van der Waals surface area contributed by atoms with E-state index in [1.54, 1.807) is 30.6 Å². The third-order valence-electron chi connectivity index (χ3n) is 3.29. The van der Waals surface area contributed by atoms with Crippen LogP contribution in [0.3, 0.4) is 0 Å². The Morgan fingerprint density at radius 1 is 1.29 bits per heavy atom. The Hall–Kier alpha value is -2.38. The van der Waals surface area contributed by atoms with Crippen molar-refractivity contribution in [3.63, 3.8) is 0 Å². The fourth-order valence-corrected chi connectivity index (χ4v) is 2.09. The van der Waals surface area contributed by atoms with Crippen molar-refractivity contribution >= 4 is 5.65 Å². The lowest BCUT2D eigenvalue weighted by Crippen LogP contribution is -2.16. The minimum atomic E-state index is -0.975. The van der Waals surface area contributed by atoms with Gasteiger partial charge in [0.05, 0.1) is 11.3 Å². The molecule has 2 aromatic heterocycles. The van der Waals surface area contributed by atoms with Crippen LogP contribution < -0.4 is 0 Å². The van der Waals surface area contributed by atoms with Gasteiger partial charge in [-0.05, 0) is 26.7 Å². The standard InChI is InChI=1S/C17H17N3O/c1-17(2,21)15-10-16-18-11-14(12-20(16)19-15)9-8-13-6-4-3-5-7-13/h4,6-7,10-12,21H,3,5H2,1-2H3. The van der Waals surface area contributed by atoms with Gasteiger partial charge in [0, 0.05) is 24.0 Å². The predicted molar refractivity (Wildman–Crippen MR) is 81.6 cm³/mol. The van der Waals surface area contributed by atoms with Gasteiger partial charge in [0.25, 0.3) is 0 Å². The molecule has 0 aliphatic heterocycles.